The lowest BCUT2D eigenvalue weighted by atomic mass is 9.97. The topological polar surface area (TPSA) is 32.3 Å². The van der Waals surface area contributed by atoms with Crippen LogP contribution in [0.3, 0.4) is 0 Å². The van der Waals surface area contributed by atoms with Crippen molar-refractivity contribution in [2.45, 2.75) is 52.6 Å². The normalized spacial score (nSPS) is 15.0. The molecule has 1 unspecified atom stereocenters. The van der Waals surface area contributed by atoms with Crippen LogP contribution in [0.2, 0.25) is 0 Å². The maximum atomic E-state index is 10.4. The van der Waals surface area contributed by atoms with E-state index < -0.39 is 5.60 Å². The third-order valence-electron chi connectivity index (χ3n) is 3.01. The molecule has 0 fully saturated rings. The van der Waals surface area contributed by atoms with Crippen molar-refractivity contribution in [2.75, 3.05) is 13.1 Å². The highest BCUT2D eigenvalue weighted by Gasteiger charge is 2.21. The SMILES string of the molecule is CCc1ccc(CC(C)(O)CCNCC(C)C)s1. The van der Waals surface area contributed by atoms with E-state index in [0.717, 1.165) is 32.4 Å². The van der Waals surface area contributed by atoms with Gasteiger partial charge in [-0.05, 0) is 50.9 Å². The molecule has 0 saturated carbocycles. The zero-order valence-corrected chi connectivity index (χ0v) is 12.9. The second-order valence-electron chi connectivity index (χ2n) is 5.74. The van der Waals surface area contributed by atoms with Crippen LogP contribution in [0.1, 0.15) is 43.9 Å². The smallest absolute Gasteiger partial charge is 0.0679 e. The molecule has 18 heavy (non-hydrogen) atoms. The first-order chi connectivity index (χ1) is 8.43. The summed E-state index contributed by atoms with van der Waals surface area (Å²) in [7, 11) is 0. The Kier molecular flexibility index (Phi) is 6.33. The lowest BCUT2D eigenvalue weighted by Gasteiger charge is -2.23. The van der Waals surface area contributed by atoms with Crippen molar-refractivity contribution in [1.82, 2.24) is 5.32 Å². The van der Waals surface area contributed by atoms with Gasteiger partial charge in [-0.25, -0.2) is 0 Å². The predicted molar refractivity (Wildman–Crippen MR) is 80.3 cm³/mol. The maximum absolute atomic E-state index is 10.4. The lowest BCUT2D eigenvalue weighted by Crippen LogP contribution is -2.33. The lowest BCUT2D eigenvalue weighted by molar-refractivity contribution is 0.0522. The molecule has 0 amide bonds. The summed E-state index contributed by atoms with van der Waals surface area (Å²) in [6.45, 7) is 10.4. The van der Waals surface area contributed by atoms with Gasteiger partial charge in [0.25, 0.3) is 0 Å². The van der Waals surface area contributed by atoms with Crippen molar-refractivity contribution in [3.8, 4) is 0 Å². The quantitative estimate of drug-likeness (QED) is 0.710. The molecule has 1 heterocycles. The Morgan fingerprint density at radius 1 is 1.33 bits per heavy atom. The number of hydrogen-bond donors (Lipinski definition) is 2. The van der Waals surface area contributed by atoms with Gasteiger partial charge in [-0.2, -0.15) is 0 Å². The van der Waals surface area contributed by atoms with Gasteiger partial charge in [-0.3, -0.25) is 0 Å². The Balaban J connectivity index is 2.34. The van der Waals surface area contributed by atoms with Crippen LogP contribution in [0.15, 0.2) is 12.1 Å². The monoisotopic (exact) mass is 269 g/mol. The zero-order valence-electron chi connectivity index (χ0n) is 12.1. The fraction of sp³-hybridized carbons (Fsp3) is 0.733. The van der Waals surface area contributed by atoms with Gasteiger partial charge in [-0.15, -0.1) is 11.3 Å². The molecule has 0 aliphatic heterocycles. The van der Waals surface area contributed by atoms with Crippen molar-refractivity contribution in [1.29, 1.82) is 0 Å². The van der Waals surface area contributed by atoms with Crippen molar-refractivity contribution >= 4 is 11.3 Å². The summed E-state index contributed by atoms with van der Waals surface area (Å²) in [6.07, 6.45) is 2.66. The molecule has 3 heteroatoms. The minimum Gasteiger partial charge on any atom is -0.390 e. The first-order valence-electron chi connectivity index (χ1n) is 6.93. The molecule has 0 aliphatic rings. The highest BCUT2D eigenvalue weighted by molar-refractivity contribution is 7.12. The average molecular weight is 269 g/mol. The van der Waals surface area contributed by atoms with Crippen molar-refractivity contribution in [2.24, 2.45) is 5.92 Å². The van der Waals surface area contributed by atoms with E-state index in [9.17, 15) is 5.11 Å². The highest BCUT2D eigenvalue weighted by atomic mass is 32.1. The van der Waals surface area contributed by atoms with Gasteiger partial charge in [0.1, 0.15) is 0 Å². The Morgan fingerprint density at radius 3 is 2.56 bits per heavy atom. The van der Waals surface area contributed by atoms with Crippen LogP contribution in [-0.2, 0) is 12.8 Å². The fourth-order valence-corrected chi connectivity index (χ4v) is 3.06. The number of thiophene rings is 1. The highest BCUT2D eigenvalue weighted by Crippen LogP contribution is 2.23. The van der Waals surface area contributed by atoms with E-state index in [2.05, 4.69) is 38.2 Å². The molecule has 1 rings (SSSR count). The summed E-state index contributed by atoms with van der Waals surface area (Å²) >= 11 is 1.82. The molecule has 104 valence electrons. The minimum atomic E-state index is -0.597. The molecular formula is C15H27NOS. The van der Waals surface area contributed by atoms with Crippen molar-refractivity contribution in [3.63, 3.8) is 0 Å². The third kappa shape index (κ3) is 5.98. The molecule has 0 radical (unpaired) electrons. The molecule has 0 spiro atoms. The van der Waals surface area contributed by atoms with Gasteiger partial charge < -0.3 is 10.4 Å². The Morgan fingerprint density at radius 2 is 2.00 bits per heavy atom. The average Bonchev–Trinajstić information content (AvgIpc) is 2.71. The van der Waals surface area contributed by atoms with Crippen LogP contribution in [0.4, 0.5) is 0 Å². The van der Waals surface area contributed by atoms with E-state index in [0.29, 0.717) is 5.92 Å². The number of hydrogen-bond acceptors (Lipinski definition) is 3. The first kappa shape index (κ1) is 15.7. The molecule has 0 aliphatic carbocycles. The van der Waals surface area contributed by atoms with Crippen LogP contribution >= 0.6 is 11.3 Å². The minimum absolute atomic E-state index is 0.597. The summed E-state index contributed by atoms with van der Waals surface area (Å²) in [5.41, 5.74) is -0.597. The van der Waals surface area contributed by atoms with E-state index in [1.54, 1.807) is 0 Å². The standard InChI is InChI=1S/C15H27NOS/c1-5-13-6-7-14(18-13)10-15(4,17)8-9-16-11-12(2)3/h6-7,12,16-17H,5,8-11H2,1-4H3. The number of aryl methyl sites for hydroxylation is 1. The molecule has 2 nitrogen and oxygen atoms in total. The van der Waals surface area contributed by atoms with Gasteiger partial charge in [0.2, 0.25) is 0 Å². The van der Waals surface area contributed by atoms with E-state index in [1.807, 2.05) is 18.3 Å². The van der Waals surface area contributed by atoms with E-state index >= 15 is 0 Å². The van der Waals surface area contributed by atoms with Gasteiger partial charge in [0, 0.05) is 16.2 Å². The summed E-state index contributed by atoms with van der Waals surface area (Å²) in [5.74, 6) is 0.666. The number of rotatable bonds is 8. The van der Waals surface area contributed by atoms with Gasteiger partial charge in [0.05, 0.1) is 5.60 Å². The van der Waals surface area contributed by atoms with Crippen LogP contribution in [0.5, 0.6) is 0 Å². The maximum Gasteiger partial charge on any atom is 0.0679 e. The summed E-state index contributed by atoms with van der Waals surface area (Å²) in [6, 6.07) is 4.33. The molecular weight excluding hydrogens is 242 g/mol. The van der Waals surface area contributed by atoms with Crippen LogP contribution in [0.25, 0.3) is 0 Å². The molecule has 0 bridgehead atoms. The largest absolute Gasteiger partial charge is 0.390 e. The summed E-state index contributed by atoms with van der Waals surface area (Å²) in [4.78, 5) is 2.69. The number of nitrogens with one attached hydrogen (secondary N) is 1. The van der Waals surface area contributed by atoms with Crippen molar-refractivity contribution in [3.05, 3.63) is 21.9 Å². The molecule has 1 atom stereocenters. The molecule has 0 aromatic carbocycles. The molecule has 2 N–H and O–H groups in total. The Hall–Kier alpha value is -0.380. The molecule has 1 aromatic rings. The van der Waals surface area contributed by atoms with Crippen LogP contribution in [0, 0.1) is 5.92 Å². The zero-order chi connectivity index (χ0) is 13.6. The van der Waals surface area contributed by atoms with Crippen LogP contribution < -0.4 is 5.32 Å². The van der Waals surface area contributed by atoms with Gasteiger partial charge in [-0.1, -0.05) is 20.8 Å². The fourth-order valence-electron chi connectivity index (χ4n) is 1.92. The van der Waals surface area contributed by atoms with E-state index in [4.69, 9.17) is 0 Å². The first-order valence-corrected chi connectivity index (χ1v) is 7.75. The summed E-state index contributed by atoms with van der Waals surface area (Å²) < 4.78 is 0. The van der Waals surface area contributed by atoms with Crippen LogP contribution in [-0.4, -0.2) is 23.8 Å². The van der Waals surface area contributed by atoms with E-state index in [1.165, 1.54) is 9.75 Å². The Bertz CT molecular complexity index is 344. The second kappa shape index (κ2) is 7.27. The van der Waals surface area contributed by atoms with E-state index in [-0.39, 0.29) is 0 Å². The number of aliphatic hydroxyl groups is 1. The van der Waals surface area contributed by atoms with Gasteiger partial charge >= 0.3 is 0 Å². The van der Waals surface area contributed by atoms with Gasteiger partial charge in [0.15, 0.2) is 0 Å². The predicted octanol–water partition coefficient (Wildman–Crippen LogP) is 3.24. The van der Waals surface area contributed by atoms with Crippen molar-refractivity contribution < 1.29 is 5.11 Å². The molecule has 1 aromatic heterocycles. The molecule has 0 saturated heterocycles. The Labute approximate surface area is 115 Å². The third-order valence-corrected chi connectivity index (χ3v) is 4.24. The summed E-state index contributed by atoms with van der Waals surface area (Å²) in [5, 5.41) is 13.8. The second-order valence-corrected chi connectivity index (χ2v) is 7.00.